The van der Waals surface area contributed by atoms with Crippen LogP contribution in [0.4, 0.5) is 0 Å². The van der Waals surface area contributed by atoms with Gasteiger partial charge in [0, 0.05) is 32.9 Å². The highest BCUT2D eigenvalue weighted by atomic mass is 16.1. The summed E-state index contributed by atoms with van der Waals surface area (Å²) in [5, 5.41) is 6.19. The van der Waals surface area contributed by atoms with Crippen molar-refractivity contribution in [3.05, 3.63) is 53.1 Å². The van der Waals surface area contributed by atoms with Gasteiger partial charge < -0.3 is 15.2 Å². The quantitative estimate of drug-likeness (QED) is 0.859. The number of rotatable bonds is 3. The summed E-state index contributed by atoms with van der Waals surface area (Å²) in [7, 11) is 1.84. The van der Waals surface area contributed by atoms with E-state index in [9.17, 15) is 4.79 Å². The van der Waals surface area contributed by atoms with Crippen LogP contribution in [-0.4, -0.2) is 15.5 Å². The summed E-state index contributed by atoms with van der Waals surface area (Å²) >= 11 is 0. The number of fused-ring (bicyclic) bond motifs is 1. The van der Waals surface area contributed by atoms with E-state index in [1.165, 1.54) is 11.1 Å². The first-order valence-electron chi connectivity index (χ1n) is 6.30. The minimum atomic E-state index is -0.140. The maximum absolute atomic E-state index is 11.9. The van der Waals surface area contributed by atoms with Crippen LogP contribution in [0.5, 0.6) is 0 Å². The molecule has 2 aromatic rings. The highest BCUT2D eigenvalue weighted by Crippen LogP contribution is 2.16. The molecule has 1 aromatic carbocycles. The van der Waals surface area contributed by atoms with Crippen LogP contribution in [0.1, 0.15) is 27.2 Å². The van der Waals surface area contributed by atoms with Gasteiger partial charge in [-0.05, 0) is 16.7 Å². The molecular weight excluding hydrogens is 240 g/mol. The number of hydrogen-bond donors (Lipinski definition) is 2. The van der Waals surface area contributed by atoms with Gasteiger partial charge in [-0.15, -0.1) is 0 Å². The number of imidazole rings is 1. The molecule has 2 N–H and O–H groups in total. The van der Waals surface area contributed by atoms with Crippen LogP contribution in [0.3, 0.4) is 0 Å². The molecule has 5 heteroatoms. The molecule has 0 radical (unpaired) electrons. The maximum Gasteiger partial charge on any atom is 0.271 e. The summed E-state index contributed by atoms with van der Waals surface area (Å²) in [6, 6.07) is 6.33. The largest absolute Gasteiger partial charge is 0.347 e. The second kappa shape index (κ2) is 4.85. The second-order valence-corrected chi connectivity index (χ2v) is 4.81. The molecule has 1 amide bonds. The van der Waals surface area contributed by atoms with Crippen molar-refractivity contribution in [1.82, 2.24) is 20.2 Å². The number of nitrogens with one attached hydrogen (secondary N) is 2. The maximum atomic E-state index is 11.9. The van der Waals surface area contributed by atoms with E-state index in [-0.39, 0.29) is 5.91 Å². The van der Waals surface area contributed by atoms with Crippen LogP contribution in [0.2, 0.25) is 0 Å². The number of carbonyl (C=O) groups excluding carboxylic acids is 1. The summed E-state index contributed by atoms with van der Waals surface area (Å²) in [5.74, 6) is -0.140. The van der Waals surface area contributed by atoms with Gasteiger partial charge >= 0.3 is 0 Å². The van der Waals surface area contributed by atoms with E-state index < -0.39 is 0 Å². The van der Waals surface area contributed by atoms with Gasteiger partial charge in [0.1, 0.15) is 5.69 Å². The van der Waals surface area contributed by atoms with Gasteiger partial charge in [-0.25, -0.2) is 4.98 Å². The van der Waals surface area contributed by atoms with Crippen molar-refractivity contribution in [3.63, 3.8) is 0 Å². The molecule has 2 heterocycles. The summed E-state index contributed by atoms with van der Waals surface area (Å²) in [6.07, 6.45) is 3.33. The minimum Gasteiger partial charge on any atom is -0.347 e. The smallest absolute Gasteiger partial charge is 0.271 e. The fraction of sp³-hybridized carbons (Fsp3) is 0.286. The van der Waals surface area contributed by atoms with Crippen LogP contribution in [0.25, 0.3) is 0 Å². The molecule has 1 aliphatic rings. The normalized spacial score (nSPS) is 13.3. The van der Waals surface area contributed by atoms with Crippen LogP contribution in [0, 0.1) is 0 Å². The topological polar surface area (TPSA) is 59.0 Å². The molecule has 0 saturated carbocycles. The number of hydrogen-bond acceptors (Lipinski definition) is 3. The molecule has 1 aromatic heterocycles. The predicted octanol–water partition coefficient (Wildman–Crippen LogP) is 0.953. The lowest BCUT2D eigenvalue weighted by molar-refractivity contribution is 0.0946. The van der Waals surface area contributed by atoms with Crippen molar-refractivity contribution < 1.29 is 4.79 Å². The zero-order chi connectivity index (χ0) is 13.2. The fourth-order valence-corrected chi connectivity index (χ4v) is 2.26. The van der Waals surface area contributed by atoms with Crippen LogP contribution in [-0.2, 0) is 26.7 Å². The molecular formula is C14H16N4O. The lowest BCUT2D eigenvalue weighted by Gasteiger charge is -2.05. The summed E-state index contributed by atoms with van der Waals surface area (Å²) in [6.45, 7) is 2.38. The van der Waals surface area contributed by atoms with Crippen LogP contribution >= 0.6 is 0 Å². The third-order valence-corrected chi connectivity index (χ3v) is 3.29. The van der Waals surface area contributed by atoms with Gasteiger partial charge in [-0.3, -0.25) is 4.79 Å². The second-order valence-electron chi connectivity index (χ2n) is 4.81. The Labute approximate surface area is 111 Å². The molecule has 0 spiro atoms. The molecule has 19 heavy (non-hydrogen) atoms. The Morgan fingerprint density at radius 2 is 2.26 bits per heavy atom. The average Bonchev–Trinajstić information content (AvgIpc) is 3.03. The van der Waals surface area contributed by atoms with Gasteiger partial charge in [0.05, 0.1) is 6.33 Å². The Bertz CT molecular complexity index is 618. The third-order valence-electron chi connectivity index (χ3n) is 3.29. The van der Waals surface area contributed by atoms with Crippen molar-refractivity contribution >= 4 is 5.91 Å². The number of benzene rings is 1. The predicted molar refractivity (Wildman–Crippen MR) is 71.4 cm³/mol. The number of carbonyl (C=O) groups is 1. The number of aryl methyl sites for hydroxylation is 1. The molecule has 5 nitrogen and oxygen atoms in total. The van der Waals surface area contributed by atoms with Crippen LogP contribution < -0.4 is 10.6 Å². The summed E-state index contributed by atoms with van der Waals surface area (Å²) in [5.41, 5.74) is 4.24. The molecule has 98 valence electrons. The SMILES string of the molecule is Cn1cnc(C(=O)NCc2ccc3c(c2)CNC3)c1. The lowest BCUT2D eigenvalue weighted by Crippen LogP contribution is -2.23. The van der Waals surface area contributed by atoms with Crippen molar-refractivity contribution in [2.45, 2.75) is 19.6 Å². The van der Waals surface area contributed by atoms with E-state index in [2.05, 4.69) is 33.8 Å². The Balaban J connectivity index is 1.64. The minimum absolute atomic E-state index is 0.140. The molecule has 3 rings (SSSR count). The molecule has 0 atom stereocenters. The highest BCUT2D eigenvalue weighted by Gasteiger charge is 2.11. The Morgan fingerprint density at radius 1 is 1.42 bits per heavy atom. The van der Waals surface area contributed by atoms with Crippen LogP contribution in [0.15, 0.2) is 30.7 Å². The Hall–Kier alpha value is -2.14. The molecule has 0 fully saturated rings. The molecule has 0 bridgehead atoms. The van der Waals surface area contributed by atoms with Gasteiger partial charge in [0.2, 0.25) is 0 Å². The number of aromatic nitrogens is 2. The highest BCUT2D eigenvalue weighted by molar-refractivity contribution is 5.91. The van der Waals surface area contributed by atoms with E-state index in [4.69, 9.17) is 0 Å². The number of amides is 1. The van der Waals surface area contributed by atoms with Crippen molar-refractivity contribution in [1.29, 1.82) is 0 Å². The first kappa shape index (κ1) is 11.9. The monoisotopic (exact) mass is 256 g/mol. The Morgan fingerprint density at radius 3 is 3.05 bits per heavy atom. The Kier molecular flexibility index (Phi) is 3.05. The third kappa shape index (κ3) is 2.51. The van der Waals surface area contributed by atoms with Gasteiger partial charge in [-0.1, -0.05) is 18.2 Å². The van der Waals surface area contributed by atoms with E-state index >= 15 is 0 Å². The fourth-order valence-electron chi connectivity index (χ4n) is 2.26. The van der Waals surface area contributed by atoms with Gasteiger partial charge in [-0.2, -0.15) is 0 Å². The summed E-state index contributed by atoms with van der Waals surface area (Å²) in [4.78, 5) is 15.9. The van der Waals surface area contributed by atoms with Crippen molar-refractivity contribution in [2.24, 2.45) is 7.05 Å². The molecule has 0 aliphatic carbocycles. The molecule has 1 aliphatic heterocycles. The van der Waals surface area contributed by atoms with Gasteiger partial charge in [0.15, 0.2) is 0 Å². The van der Waals surface area contributed by atoms with Crippen molar-refractivity contribution in [3.8, 4) is 0 Å². The summed E-state index contributed by atoms with van der Waals surface area (Å²) < 4.78 is 1.76. The first-order chi connectivity index (χ1) is 9.22. The first-order valence-corrected chi connectivity index (χ1v) is 6.30. The average molecular weight is 256 g/mol. The molecule has 0 saturated heterocycles. The van der Waals surface area contributed by atoms with E-state index in [1.807, 2.05) is 7.05 Å². The lowest BCUT2D eigenvalue weighted by atomic mass is 10.1. The zero-order valence-electron chi connectivity index (χ0n) is 10.8. The van der Waals surface area contributed by atoms with Gasteiger partial charge in [0.25, 0.3) is 5.91 Å². The standard InChI is InChI=1S/C14H16N4O/c1-18-8-13(17-9-18)14(19)16-5-10-2-3-11-6-15-7-12(11)4-10/h2-4,8-9,15H,5-7H2,1H3,(H,16,19). The van der Waals surface area contributed by atoms with E-state index in [0.717, 1.165) is 18.7 Å². The molecule has 0 unspecified atom stereocenters. The zero-order valence-corrected chi connectivity index (χ0v) is 10.8. The number of nitrogens with zero attached hydrogens (tertiary/aromatic N) is 2. The van der Waals surface area contributed by atoms with Crippen molar-refractivity contribution in [2.75, 3.05) is 0 Å². The van der Waals surface area contributed by atoms with E-state index in [0.29, 0.717) is 12.2 Å². The van der Waals surface area contributed by atoms with E-state index in [1.54, 1.807) is 17.1 Å².